The molecule has 1 atom stereocenters. The van der Waals surface area contributed by atoms with Gasteiger partial charge in [0.25, 0.3) is 0 Å². The fourth-order valence-corrected chi connectivity index (χ4v) is 2.65. The lowest BCUT2D eigenvalue weighted by Gasteiger charge is -2.33. The number of alkyl halides is 1. The molecule has 0 amide bonds. The van der Waals surface area contributed by atoms with Crippen LogP contribution in [0.5, 0.6) is 0 Å². The van der Waals surface area contributed by atoms with Gasteiger partial charge in [0.15, 0.2) is 11.5 Å². The van der Waals surface area contributed by atoms with Gasteiger partial charge >= 0.3 is 0 Å². The predicted octanol–water partition coefficient (Wildman–Crippen LogP) is 1.36. The third-order valence-electron chi connectivity index (χ3n) is 3.57. The van der Waals surface area contributed by atoms with E-state index in [1.807, 2.05) is 12.1 Å². The number of anilines is 1. The number of halogens is 1. The maximum atomic E-state index is 6.15. The summed E-state index contributed by atoms with van der Waals surface area (Å²) in [6.45, 7) is 4.05. The summed E-state index contributed by atoms with van der Waals surface area (Å²) in [7, 11) is 0. The van der Waals surface area contributed by atoms with Gasteiger partial charge < -0.3 is 4.90 Å². The molecule has 0 radical (unpaired) electrons. The molecule has 6 nitrogen and oxygen atoms in total. The van der Waals surface area contributed by atoms with Crippen molar-refractivity contribution in [3.05, 3.63) is 12.1 Å². The van der Waals surface area contributed by atoms with Crippen LogP contribution in [0.4, 0.5) is 5.82 Å². The first kappa shape index (κ1) is 11.6. The Morgan fingerprint density at radius 1 is 1.33 bits per heavy atom. The van der Waals surface area contributed by atoms with Gasteiger partial charge in [0.1, 0.15) is 0 Å². The first-order valence-corrected chi connectivity index (χ1v) is 6.62. The van der Waals surface area contributed by atoms with E-state index in [0.717, 1.165) is 31.7 Å². The van der Waals surface area contributed by atoms with Crippen LogP contribution in [0.2, 0.25) is 0 Å². The highest BCUT2D eigenvalue weighted by Crippen LogP contribution is 2.26. The average molecular weight is 267 g/mol. The monoisotopic (exact) mass is 266 g/mol. The van der Waals surface area contributed by atoms with Crippen LogP contribution in [0.3, 0.4) is 0 Å². The Kier molecular flexibility index (Phi) is 3.03. The lowest BCUT2D eigenvalue weighted by atomic mass is 9.94. The maximum Gasteiger partial charge on any atom is 0.200 e. The van der Waals surface area contributed by atoms with Gasteiger partial charge in [-0.15, -0.1) is 26.4 Å². The van der Waals surface area contributed by atoms with Gasteiger partial charge in [-0.25, -0.2) is 0 Å². The molecule has 0 aliphatic carbocycles. The van der Waals surface area contributed by atoms with Crippen LogP contribution in [-0.2, 0) is 0 Å². The Morgan fingerprint density at radius 3 is 2.83 bits per heavy atom. The Morgan fingerprint density at radius 2 is 2.11 bits per heavy atom. The molecular formula is C11H15ClN6. The molecule has 2 aromatic rings. The molecule has 0 saturated carbocycles. The molecule has 1 saturated heterocycles. The Labute approximate surface area is 110 Å². The first-order chi connectivity index (χ1) is 8.74. The van der Waals surface area contributed by atoms with Crippen LogP contribution >= 0.6 is 11.6 Å². The summed E-state index contributed by atoms with van der Waals surface area (Å²) in [5, 5.41) is 15.9. The summed E-state index contributed by atoms with van der Waals surface area (Å²) in [6, 6.07) is 3.86. The molecule has 0 aromatic carbocycles. The Bertz CT molecular complexity index is 531. The zero-order valence-corrected chi connectivity index (χ0v) is 11.0. The van der Waals surface area contributed by atoms with E-state index in [0.29, 0.717) is 11.6 Å². The van der Waals surface area contributed by atoms with Crippen molar-refractivity contribution in [3.63, 3.8) is 0 Å². The van der Waals surface area contributed by atoms with E-state index >= 15 is 0 Å². The number of nitrogens with zero attached hydrogens (tertiary/aromatic N) is 6. The van der Waals surface area contributed by atoms with Crippen LogP contribution in [-0.4, -0.2) is 43.7 Å². The molecule has 1 aliphatic heterocycles. The van der Waals surface area contributed by atoms with Crippen LogP contribution in [0.15, 0.2) is 12.1 Å². The van der Waals surface area contributed by atoms with E-state index < -0.39 is 0 Å². The number of rotatable bonds is 2. The van der Waals surface area contributed by atoms with Gasteiger partial charge in [0.2, 0.25) is 0 Å². The molecule has 1 unspecified atom stereocenters. The largest absolute Gasteiger partial charge is 0.355 e. The van der Waals surface area contributed by atoms with Crippen molar-refractivity contribution < 1.29 is 0 Å². The Hall–Kier alpha value is -1.43. The molecule has 1 fully saturated rings. The standard InChI is InChI=1S/C11H15ClN6/c1-8(12)9-4-6-17(7-5-9)11-3-2-10-13-15-16-18(10)14-11/h2-3,8-9H,4-7H2,1H3. The van der Waals surface area contributed by atoms with Gasteiger partial charge in [-0.3, -0.25) is 0 Å². The van der Waals surface area contributed by atoms with Crippen LogP contribution < -0.4 is 4.90 Å². The summed E-state index contributed by atoms with van der Waals surface area (Å²) in [5.74, 6) is 1.54. The average Bonchev–Trinajstić information content (AvgIpc) is 2.86. The minimum Gasteiger partial charge on any atom is -0.355 e. The van der Waals surface area contributed by atoms with Gasteiger partial charge in [-0.2, -0.15) is 0 Å². The minimum absolute atomic E-state index is 0.252. The van der Waals surface area contributed by atoms with Crippen molar-refractivity contribution in [1.82, 2.24) is 25.3 Å². The molecule has 7 heteroatoms. The molecular weight excluding hydrogens is 252 g/mol. The zero-order valence-electron chi connectivity index (χ0n) is 10.2. The second-order valence-electron chi connectivity index (χ2n) is 4.72. The molecule has 3 rings (SSSR count). The minimum atomic E-state index is 0.252. The third kappa shape index (κ3) is 2.12. The zero-order chi connectivity index (χ0) is 12.5. The fourth-order valence-electron chi connectivity index (χ4n) is 2.40. The second-order valence-corrected chi connectivity index (χ2v) is 5.41. The summed E-state index contributed by atoms with van der Waals surface area (Å²) in [6.07, 6.45) is 2.22. The van der Waals surface area contributed by atoms with Crippen LogP contribution in [0, 0.1) is 5.92 Å². The summed E-state index contributed by atoms with van der Waals surface area (Å²) in [5.41, 5.74) is 0.669. The second kappa shape index (κ2) is 4.68. The SMILES string of the molecule is CC(Cl)C1CCN(c2ccc3nnnn3n2)CC1. The highest BCUT2D eigenvalue weighted by molar-refractivity contribution is 6.20. The highest BCUT2D eigenvalue weighted by Gasteiger charge is 2.23. The van der Waals surface area contributed by atoms with Crippen LogP contribution in [0.1, 0.15) is 19.8 Å². The maximum absolute atomic E-state index is 6.15. The number of hydrogen-bond acceptors (Lipinski definition) is 5. The number of fused-ring (bicyclic) bond motifs is 1. The summed E-state index contributed by atoms with van der Waals surface area (Å²) in [4.78, 5) is 2.26. The van der Waals surface area contributed by atoms with E-state index in [4.69, 9.17) is 11.6 Å². The van der Waals surface area contributed by atoms with E-state index in [9.17, 15) is 0 Å². The van der Waals surface area contributed by atoms with Crippen molar-refractivity contribution in [2.75, 3.05) is 18.0 Å². The molecule has 0 N–H and O–H groups in total. The lowest BCUT2D eigenvalue weighted by Crippen LogP contribution is -2.36. The quantitative estimate of drug-likeness (QED) is 0.769. The normalized spacial score (nSPS) is 19.3. The lowest BCUT2D eigenvalue weighted by molar-refractivity contribution is 0.397. The molecule has 3 heterocycles. The predicted molar refractivity (Wildman–Crippen MR) is 68.8 cm³/mol. The fraction of sp³-hybridized carbons (Fsp3) is 0.636. The molecule has 18 heavy (non-hydrogen) atoms. The van der Waals surface area contributed by atoms with E-state index in [-0.39, 0.29) is 5.38 Å². The smallest absolute Gasteiger partial charge is 0.200 e. The highest BCUT2D eigenvalue weighted by atomic mass is 35.5. The van der Waals surface area contributed by atoms with Crippen molar-refractivity contribution in [2.24, 2.45) is 5.92 Å². The number of tetrazole rings is 1. The van der Waals surface area contributed by atoms with Crippen LogP contribution in [0.25, 0.3) is 5.65 Å². The van der Waals surface area contributed by atoms with Gasteiger partial charge in [-0.1, -0.05) is 0 Å². The van der Waals surface area contributed by atoms with Crippen molar-refractivity contribution in [2.45, 2.75) is 25.1 Å². The molecule has 0 spiro atoms. The molecule has 96 valence electrons. The van der Waals surface area contributed by atoms with Crippen molar-refractivity contribution >= 4 is 23.1 Å². The number of piperidine rings is 1. The van der Waals surface area contributed by atoms with Crippen molar-refractivity contribution in [1.29, 1.82) is 0 Å². The topological polar surface area (TPSA) is 59.2 Å². The van der Waals surface area contributed by atoms with Gasteiger partial charge in [0.05, 0.1) is 0 Å². The third-order valence-corrected chi connectivity index (χ3v) is 3.93. The van der Waals surface area contributed by atoms with E-state index in [1.54, 1.807) is 0 Å². The van der Waals surface area contributed by atoms with E-state index in [1.165, 1.54) is 4.63 Å². The number of aromatic nitrogens is 5. The van der Waals surface area contributed by atoms with Gasteiger partial charge in [-0.05, 0) is 48.2 Å². The summed E-state index contributed by atoms with van der Waals surface area (Å²) < 4.78 is 1.46. The molecule has 1 aliphatic rings. The first-order valence-electron chi connectivity index (χ1n) is 6.18. The molecule has 2 aromatic heterocycles. The molecule has 0 bridgehead atoms. The number of hydrogen-bond donors (Lipinski definition) is 0. The summed E-state index contributed by atoms with van der Waals surface area (Å²) >= 11 is 6.15. The Balaban J connectivity index is 1.75. The van der Waals surface area contributed by atoms with E-state index in [2.05, 4.69) is 32.4 Å². The van der Waals surface area contributed by atoms with Crippen molar-refractivity contribution in [3.8, 4) is 0 Å². The van der Waals surface area contributed by atoms with Gasteiger partial charge in [0, 0.05) is 18.5 Å².